The van der Waals surface area contributed by atoms with Crippen molar-refractivity contribution in [3.05, 3.63) is 28.8 Å². The van der Waals surface area contributed by atoms with Gasteiger partial charge in [-0.1, -0.05) is 17.7 Å². The third-order valence-electron chi connectivity index (χ3n) is 3.48. The van der Waals surface area contributed by atoms with E-state index in [1.807, 2.05) is 18.2 Å². The average molecular weight is 268 g/mol. The molecule has 1 N–H and O–H groups in total. The Morgan fingerprint density at radius 3 is 2.78 bits per heavy atom. The Labute approximate surface area is 112 Å². The van der Waals surface area contributed by atoms with E-state index in [1.54, 1.807) is 14.2 Å². The summed E-state index contributed by atoms with van der Waals surface area (Å²) >= 11 is 6.14. The topological polar surface area (TPSA) is 38.3 Å². The van der Waals surface area contributed by atoms with Crippen molar-refractivity contribution in [3.8, 4) is 5.75 Å². The molecule has 2 rings (SSSR count). The fourth-order valence-corrected chi connectivity index (χ4v) is 2.54. The molecule has 18 heavy (non-hydrogen) atoms. The van der Waals surface area contributed by atoms with Crippen LogP contribution in [0.2, 0.25) is 5.02 Å². The van der Waals surface area contributed by atoms with Gasteiger partial charge in [-0.2, -0.15) is 0 Å². The highest BCUT2D eigenvalue weighted by atomic mass is 35.5. The van der Waals surface area contributed by atoms with Crippen LogP contribution in [0.3, 0.4) is 0 Å². The normalized spacial score (nSPS) is 16.2. The highest BCUT2D eigenvalue weighted by molar-refractivity contribution is 6.32. The van der Waals surface area contributed by atoms with Gasteiger partial charge in [0, 0.05) is 13.5 Å². The molecule has 1 unspecified atom stereocenters. The van der Waals surface area contributed by atoms with Crippen LogP contribution in [0, 0.1) is 5.92 Å². The molecule has 0 saturated heterocycles. The smallest absolute Gasteiger partial charge is 0.220 e. The van der Waals surface area contributed by atoms with Crippen LogP contribution < -0.4 is 10.1 Å². The second kappa shape index (κ2) is 5.61. The highest BCUT2D eigenvalue weighted by Crippen LogP contribution is 2.45. The minimum Gasteiger partial charge on any atom is -0.495 e. The summed E-state index contributed by atoms with van der Waals surface area (Å²) in [4.78, 5) is 11.6. The van der Waals surface area contributed by atoms with Gasteiger partial charge in [0.15, 0.2) is 0 Å². The van der Waals surface area contributed by atoms with Gasteiger partial charge in [-0.15, -0.1) is 0 Å². The number of methoxy groups -OCH3 is 1. The molecule has 1 fully saturated rings. The van der Waals surface area contributed by atoms with Gasteiger partial charge in [-0.05, 0) is 42.4 Å². The Bertz CT molecular complexity index is 443. The van der Waals surface area contributed by atoms with Crippen LogP contribution in [0.15, 0.2) is 18.2 Å². The second-order valence-electron chi connectivity index (χ2n) is 4.72. The van der Waals surface area contributed by atoms with E-state index in [-0.39, 0.29) is 11.8 Å². The number of amides is 1. The Balaban J connectivity index is 2.20. The third kappa shape index (κ3) is 2.96. The first kappa shape index (κ1) is 13.2. The lowest BCUT2D eigenvalue weighted by Gasteiger charge is -2.17. The molecule has 1 aromatic rings. The molecule has 1 saturated carbocycles. The Morgan fingerprint density at radius 1 is 1.56 bits per heavy atom. The summed E-state index contributed by atoms with van der Waals surface area (Å²) in [7, 11) is 3.27. The lowest BCUT2D eigenvalue weighted by molar-refractivity contribution is -0.121. The van der Waals surface area contributed by atoms with Crippen molar-refractivity contribution in [2.45, 2.75) is 25.2 Å². The zero-order valence-corrected chi connectivity index (χ0v) is 11.5. The summed E-state index contributed by atoms with van der Waals surface area (Å²) in [6.07, 6.45) is 2.93. The fraction of sp³-hybridized carbons (Fsp3) is 0.500. The molecule has 0 spiro atoms. The minimum absolute atomic E-state index is 0.0823. The lowest BCUT2D eigenvalue weighted by atomic mass is 9.90. The number of nitrogens with one attached hydrogen (secondary N) is 1. The summed E-state index contributed by atoms with van der Waals surface area (Å²) in [5.74, 6) is 1.65. The molecule has 4 heteroatoms. The molecule has 1 aromatic carbocycles. The lowest BCUT2D eigenvalue weighted by Crippen LogP contribution is -2.21. The molecular weight excluding hydrogens is 250 g/mol. The number of rotatable bonds is 5. The molecular formula is C14H18ClNO2. The monoisotopic (exact) mass is 267 g/mol. The van der Waals surface area contributed by atoms with Crippen LogP contribution in [0.5, 0.6) is 5.75 Å². The van der Waals surface area contributed by atoms with Crippen LogP contribution in [-0.2, 0) is 4.79 Å². The predicted molar refractivity (Wildman–Crippen MR) is 72.2 cm³/mol. The maximum absolute atomic E-state index is 11.6. The van der Waals surface area contributed by atoms with E-state index in [0.29, 0.717) is 23.1 Å². The van der Waals surface area contributed by atoms with E-state index in [2.05, 4.69) is 5.32 Å². The first-order valence-corrected chi connectivity index (χ1v) is 6.57. The molecule has 0 bridgehead atoms. The van der Waals surface area contributed by atoms with Crippen molar-refractivity contribution >= 4 is 17.5 Å². The van der Waals surface area contributed by atoms with Crippen molar-refractivity contribution in [2.24, 2.45) is 5.92 Å². The molecule has 98 valence electrons. The molecule has 0 aliphatic heterocycles. The zero-order valence-electron chi connectivity index (χ0n) is 10.7. The molecule has 1 atom stereocenters. The Hall–Kier alpha value is -1.22. The van der Waals surface area contributed by atoms with Crippen molar-refractivity contribution in [2.75, 3.05) is 14.2 Å². The number of halogens is 1. The second-order valence-corrected chi connectivity index (χ2v) is 5.12. The standard InChI is InChI=1S/C14H18ClNO2/c1-16-14(17)8-11(9-3-4-9)10-5-6-13(18-2)12(15)7-10/h5-7,9,11H,3-4,8H2,1-2H3,(H,16,17). The molecule has 0 aromatic heterocycles. The zero-order chi connectivity index (χ0) is 13.1. The quantitative estimate of drug-likeness (QED) is 0.891. The minimum atomic E-state index is 0.0823. The van der Waals surface area contributed by atoms with Crippen LogP contribution in [0.1, 0.15) is 30.7 Å². The summed E-state index contributed by atoms with van der Waals surface area (Å²) in [6.45, 7) is 0. The summed E-state index contributed by atoms with van der Waals surface area (Å²) in [5.41, 5.74) is 1.13. The number of hydrogen-bond acceptors (Lipinski definition) is 2. The maximum Gasteiger partial charge on any atom is 0.220 e. The highest BCUT2D eigenvalue weighted by Gasteiger charge is 2.33. The molecule has 0 heterocycles. The molecule has 0 radical (unpaired) electrons. The molecule has 3 nitrogen and oxygen atoms in total. The van der Waals surface area contributed by atoms with Gasteiger partial charge in [0.05, 0.1) is 12.1 Å². The van der Waals surface area contributed by atoms with E-state index >= 15 is 0 Å². The van der Waals surface area contributed by atoms with E-state index in [4.69, 9.17) is 16.3 Å². The number of carbonyl (C=O) groups excluding carboxylic acids is 1. The van der Waals surface area contributed by atoms with Crippen molar-refractivity contribution in [1.29, 1.82) is 0 Å². The molecule has 1 aliphatic rings. The first-order chi connectivity index (χ1) is 8.65. The van der Waals surface area contributed by atoms with Crippen molar-refractivity contribution in [1.82, 2.24) is 5.32 Å². The largest absolute Gasteiger partial charge is 0.495 e. The SMILES string of the molecule is CNC(=O)CC(c1ccc(OC)c(Cl)c1)C1CC1. The van der Waals surface area contributed by atoms with Gasteiger partial charge >= 0.3 is 0 Å². The van der Waals surface area contributed by atoms with E-state index in [9.17, 15) is 4.79 Å². The number of ether oxygens (including phenoxy) is 1. The summed E-state index contributed by atoms with van der Waals surface area (Å²) < 4.78 is 5.15. The maximum atomic E-state index is 11.6. The van der Waals surface area contributed by atoms with Crippen LogP contribution in [-0.4, -0.2) is 20.1 Å². The molecule has 1 amide bonds. The van der Waals surface area contributed by atoms with E-state index < -0.39 is 0 Å². The third-order valence-corrected chi connectivity index (χ3v) is 3.77. The van der Waals surface area contributed by atoms with Crippen LogP contribution in [0.25, 0.3) is 0 Å². The average Bonchev–Trinajstić information content (AvgIpc) is 3.19. The molecule has 1 aliphatic carbocycles. The van der Waals surface area contributed by atoms with Gasteiger partial charge in [0.1, 0.15) is 5.75 Å². The van der Waals surface area contributed by atoms with Crippen molar-refractivity contribution < 1.29 is 9.53 Å². The van der Waals surface area contributed by atoms with Crippen LogP contribution >= 0.6 is 11.6 Å². The van der Waals surface area contributed by atoms with Crippen LogP contribution in [0.4, 0.5) is 0 Å². The van der Waals surface area contributed by atoms with Gasteiger partial charge in [0.2, 0.25) is 5.91 Å². The van der Waals surface area contributed by atoms with E-state index in [1.165, 1.54) is 12.8 Å². The van der Waals surface area contributed by atoms with Gasteiger partial charge in [0.25, 0.3) is 0 Å². The van der Waals surface area contributed by atoms with Gasteiger partial charge in [-0.25, -0.2) is 0 Å². The van der Waals surface area contributed by atoms with Gasteiger partial charge < -0.3 is 10.1 Å². The number of hydrogen-bond donors (Lipinski definition) is 1. The summed E-state index contributed by atoms with van der Waals surface area (Å²) in [6, 6.07) is 5.81. The number of benzene rings is 1. The Morgan fingerprint density at radius 2 is 2.28 bits per heavy atom. The first-order valence-electron chi connectivity index (χ1n) is 6.19. The Kier molecular flexibility index (Phi) is 4.12. The number of carbonyl (C=O) groups is 1. The van der Waals surface area contributed by atoms with Crippen molar-refractivity contribution in [3.63, 3.8) is 0 Å². The van der Waals surface area contributed by atoms with Gasteiger partial charge in [-0.3, -0.25) is 4.79 Å². The summed E-state index contributed by atoms with van der Waals surface area (Å²) in [5, 5.41) is 3.30. The fourth-order valence-electron chi connectivity index (χ4n) is 2.27. The van der Waals surface area contributed by atoms with E-state index in [0.717, 1.165) is 5.56 Å². The predicted octanol–water partition coefficient (Wildman–Crippen LogP) is 2.98.